The molecule has 1 atom stereocenters. The highest BCUT2D eigenvalue weighted by atomic mass is 32.1. The number of ether oxygens (including phenoxy) is 1. The lowest BCUT2D eigenvalue weighted by Crippen LogP contribution is -2.34. The highest BCUT2D eigenvalue weighted by Crippen LogP contribution is 2.29. The molecule has 1 fully saturated rings. The van der Waals surface area contributed by atoms with Gasteiger partial charge in [-0.15, -0.1) is 0 Å². The Balaban J connectivity index is 1.70. The van der Waals surface area contributed by atoms with Crippen molar-refractivity contribution < 1.29 is 4.74 Å². The van der Waals surface area contributed by atoms with E-state index in [0.29, 0.717) is 12.5 Å². The largest absolute Gasteiger partial charge is 0.377 e. The Hall–Kier alpha value is -1.47. The van der Waals surface area contributed by atoms with Crippen molar-refractivity contribution in [3.8, 4) is 0 Å². The van der Waals surface area contributed by atoms with Crippen LogP contribution in [0.3, 0.4) is 0 Å². The van der Waals surface area contributed by atoms with Gasteiger partial charge < -0.3 is 14.6 Å². The molecule has 3 rings (SSSR count). The number of hydrogen-bond donors (Lipinski definition) is 1. The number of hydrogen-bond acceptors (Lipinski definition) is 6. The zero-order valence-electron chi connectivity index (χ0n) is 10.9. The smallest absolute Gasteiger partial charge is 0.205 e. The van der Waals surface area contributed by atoms with Crippen molar-refractivity contribution in [3.63, 3.8) is 0 Å². The van der Waals surface area contributed by atoms with Crippen LogP contribution in [0.15, 0.2) is 12.4 Å². The number of methoxy groups -OCH3 is 1. The average Bonchev–Trinajstić information content (AvgIpc) is 3.11. The van der Waals surface area contributed by atoms with Crippen molar-refractivity contribution in [1.29, 1.82) is 0 Å². The second kappa shape index (κ2) is 5.66. The van der Waals surface area contributed by atoms with Crippen molar-refractivity contribution in [2.75, 3.05) is 25.1 Å². The zero-order valence-corrected chi connectivity index (χ0v) is 11.7. The first kappa shape index (κ1) is 12.6. The van der Waals surface area contributed by atoms with Gasteiger partial charge in [-0.25, -0.2) is 9.97 Å². The summed E-state index contributed by atoms with van der Waals surface area (Å²) in [6.07, 6.45) is 6.03. The maximum atomic E-state index is 5.06. The monoisotopic (exact) mass is 279 g/mol. The number of rotatable bonds is 4. The fourth-order valence-electron chi connectivity index (χ4n) is 2.44. The van der Waals surface area contributed by atoms with Crippen LogP contribution in [0.4, 0.5) is 5.13 Å². The van der Waals surface area contributed by atoms with E-state index < -0.39 is 0 Å². The molecule has 0 aliphatic carbocycles. The predicted molar refractivity (Wildman–Crippen MR) is 73.4 cm³/mol. The predicted octanol–water partition coefficient (Wildman–Crippen LogP) is 1.79. The van der Waals surface area contributed by atoms with E-state index in [-0.39, 0.29) is 0 Å². The van der Waals surface area contributed by atoms with E-state index >= 15 is 0 Å². The van der Waals surface area contributed by atoms with Gasteiger partial charge in [0.15, 0.2) is 5.82 Å². The number of nitrogens with one attached hydrogen (secondary N) is 1. The van der Waals surface area contributed by atoms with Crippen LogP contribution in [-0.2, 0) is 11.3 Å². The molecule has 1 aliphatic heterocycles. The molecule has 7 heteroatoms. The molecule has 0 radical (unpaired) electrons. The number of nitrogens with zero attached hydrogens (tertiary/aromatic N) is 4. The molecule has 0 amide bonds. The van der Waals surface area contributed by atoms with Gasteiger partial charge in [0.2, 0.25) is 5.13 Å². The third kappa shape index (κ3) is 2.76. The van der Waals surface area contributed by atoms with Crippen LogP contribution in [0.2, 0.25) is 0 Å². The van der Waals surface area contributed by atoms with E-state index in [1.807, 2.05) is 12.4 Å². The first-order valence-corrected chi connectivity index (χ1v) is 7.20. The molecular formula is C12H17N5OS. The molecule has 0 spiro atoms. The molecule has 1 saturated heterocycles. The number of imidazole rings is 1. The number of aromatic amines is 1. The van der Waals surface area contributed by atoms with Crippen LogP contribution in [-0.4, -0.2) is 39.5 Å². The Bertz CT molecular complexity index is 512. The first-order chi connectivity index (χ1) is 9.36. The minimum atomic E-state index is 0.457. The fourth-order valence-corrected chi connectivity index (χ4v) is 3.14. The van der Waals surface area contributed by atoms with E-state index in [4.69, 9.17) is 4.74 Å². The highest BCUT2D eigenvalue weighted by Gasteiger charge is 2.25. The fraction of sp³-hybridized carbons (Fsp3) is 0.583. The van der Waals surface area contributed by atoms with Gasteiger partial charge in [0.25, 0.3) is 0 Å². The Kier molecular flexibility index (Phi) is 3.74. The molecule has 2 aromatic heterocycles. The number of anilines is 1. The van der Waals surface area contributed by atoms with Crippen LogP contribution in [0.5, 0.6) is 0 Å². The number of aromatic nitrogens is 4. The molecule has 1 N–H and O–H groups in total. The van der Waals surface area contributed by atoms with Gasteiger partial charge in [-0.3, -0.25) is 0 Å². The molecule has 1 unspecified atom stereocenters. The Morgan fingerprint density at radius 3 is 3.32 bits per heavy atom. The van der Waals surface area contributed by atoms with Crippen molar-refractivity contribution in [2.24, 2.45) is 0 Å². The van der Waals surface area contributed by atoms with E-state index in [0.717, 1.165) is 36.3 Å². The summed E-state index contributed by atoms with van der Waals surface area (Å²) in [7, 11) is 1.66. The van der Waals surface area contributed by atoms with Gasteiger partial charge in [0.1, 0.15) is 12.4 Å². The summed E-state index contributed by atoms with van der Waals surface area (Å²) in [6.45, 7) is 2.47. The van der Waals surface area contributed by atoms with Gasteiger partial charge in [-0.1, -0.05) is 0 Å². The molecule has 19 heavy (non-hydrogen) atoms. The normalized spacial score (nSPS) is 19.8. The van der Waals surface area contributed by atoms with E-state index in [1.165, 1.54) is 18.0 Å². The quantitative estimate of drug-likeness (QED) is 0.924. The van der Waals surface area contributed by atoms with Gasteiger partial charge in [0.05, 0.1) is 0 Å². The lowest BCUT2D eigenvalue weighted by atomic mass is 9.98. The van der Waals surface area contributed by atoms with Crippen LogP contribution < -0.4 is 4.90 Å². The summed E-state index contributed by atoms with van der Waals surface area (Å²) in [5.74, 6) is 2.30. The Morgan fingerprint density at radius 1 is 1.58 bits per heavy atom. The van der Waals surface area contributed by atoms with Crippen LogP contribution in [0, 0.1) is 0 Å². The molecule has 6 nitrogen and oxygen atoms in total. The standard InChI is InChI=1S/C12H17N5OS/c1-18-8-10-15-12(19-16-10)17-6-2-3-9(7-17)11-13-4-5-14-11/h4-5,9H,2-3,6-8H2,1H3,(H,13,14). The second-order valence-corrected chi connectivity index (χ2v) is 5.42. The molecule has 102 valence electrons. The average molecular weight is 279 g/mol. The van der Waals surface area contributed by atoms with Crippen LogP contribution in [0.25, 0.3) is 0 Å². The molecule has 0 aromatic carbocycles. The summed E-state index contributed by atoms with van der Waals surface area (Å²) in [6, 6.07) is 0. The van der Waals surface area contributed by atoms with Gasteiger partial charge >= 0.3 is 0 Å². The third-order valence-electron chi connectivity index (χ3n) is 3.33. The van der Waals surface area contributed by atoms with Gasteiger partial charge in [0, 0.05) is 50.0 Å². The zero-order chi connectivity index (χ0) is 13.1. The number of H-pyrrole nitrogens is 1. The Labute approximate surface area is 116 Å². The first-order valence-electron chi connectivity index (χ1n) is 6.42. The topological polar surface area (TPSA) is 66.9 Å². The van der Waals surface area contributed by atoms with Crippen molar-refractivity contribution in [1.82, 2.24) is 19.3 Å². The lowest BCUT2D eigenvalue weighted by Gasteiger charge is -2.31. The van der Waals surface area contributed by atoms with Crippen molar-refractivity contribution in [2.45, 2.75) is 25.4 Å². The van der Waals surface area contributed by atoms with Crippen molar-refractivity contribution in [3.05, 3.63) is 24.0 Å². The van der Waals surface area contributed by atoms with Gasteiger partial charge in [-0.2, -0.15) is 4.37 Å². The minimum Gasteiger partial charge on any atom is -0.377 e. The summed E-state index contributed by atoms with van der Waals surface area (Å²) < 4.78 is 9.37. The summed E-state index contributed by atoms with van der Waals surface area (Å²) in [5, 5.41) is 0.989. The van der Waals surface area contributed by atoms with E-state index in [9.17, 15) is 0 Å². The molecule has 0 bridgehead atoms. The minimum absolute atomic E-state index is 0.457. The second-order valence-electron chi connectivity index (χ2n) is 4.69. The number of piperidine rings is 1. The summed E-state index contributed by atoms with van der Waals surface area (Å²) >= 11 is 1.45. The molecule has 2 aromatic rings. The van der Waals surface area contributed by atoms with Crippen LogP contribution >= 0.6 is 11.5 Å². The third-order valence-corrected chi connectivity index (χ3v) is 4.14. The van der Waals surface area contributed by atoms with Crippen molar-refractivity contribution >= 4 is 16.7 Å². The molecule has 3 heterocycles. The van der Waals surface area contributed by atoms with E-state index in [1.54, 1.807) is 7.11 Å². The maximum Gasteiger partial charge on any atom is 0.205 e. The SMILES string of the molecule is COCc1nsc(N2CCCC(c3ncc[nH]3)C2)n1. The highest BCUT2D eigenvalue weighted by molar-refractivity contribution is 7.09. The molecular weight excluding hydrogens is 262 g/mol. The summed E-state index contributed by atoms with van der Waals surface area (Å²) in [5.41, 5.74) is 0. The van der Waals surface area contributed by atoms with E-state index in [2.05, 4.69) is 24.2 Å². The molecule has 0 saturated carbocycles. The van der Waals surface area contributed by atoms with Crippen LogP contribution in [0.1, 0.15) is 30.4 Å². The summed E-state index contributed by atoms with van der Waals surface area (Å²) in [4.78, 5) is 14.4. The Morgan fingerprint density at radius 2 is 2.53 bits per heavy atom. The molecule has 1 aliphatic rings. The maximum absolute atomic E-state index is 5.06. The lowest BCUT2D eigenvalue weighted by molar-refractivity contribution is 0.179. The van der Waals surface area contributed by atoms with Gasteiger partial charge in [-0.05, 0) is 12.8 Å².